The Morgan fingerprint density at radius 2 is 1.03 bits per heavy atom. The second-order valence-corrected chi connectivity index (χ2v) is 15.6. The maximum absolute atomic E-state index is 4.02. The summed E-state index contributed by atoms with van der Waals surface area (Å²) in [7, 11) is 0. The first-order chi connectivity index (χ1) is 28.2. The van der Waals surface area contributed by atoms with Crippen LogP contribution in [0.2, 0.25) is 0 Å². The van der Waals surface area contributed by atoms with Crippen LogP contribution in [0.1, 0.15) is 54.2 Å². The van der Waals surface area contributed by atoms with Crippen LogP contribution in [-0.2, 0) is 5.41 Å². The minimum atomic E-state index is -0.235. The van der Waals surface area contributed by atoms with Crippen molar-refractivity contribution in [3.63, 3.8) is 0 Å². The van der Waals surface area contributed by atoms with Crippen LogP contribution in [0.4, 0.5) is 34.1 Å². The van der Waals surface area contributed by atoms with E-state index in [1.54, 1.807) is 6.08 Å². The molecule has 2 heteroatoms. The van der Waals surface area contributed by atoms with Gasteiger partial charge in [-0.05, 0) is 148 Å². The lowest BCUT2D eigenvalue weighted by Crippen LogP contribution is -2.17. The highest BCUT2D eigenvalue weighted by atomic mass is 15.1. The fourth-order valence-electron chi connectivity index (χ4n) is 8.81. The highest BCUT2D eigenvalue weighted by Crippen LogP contribution is 2.53. The summed E-state index contributed by atoms with van der Waals surface area (Å²) < 4.78 is 0. The van der Waals surface area contributed by atoms with Gasteiger partial charge < -0.3 is 9.80 Å². The van der Waals surface area contributed by atoms with Crippen molar-refractivity contribution in [1.29, 1.82) is 0 Å². The summed E-state index contributed by atoms with van der Waals surface area (Å²) in [5, 5.41) is 2.50. The molecule has 1 aliphatic rings. The Labute approximate surface area is 344 Å². The third-order valence-corrected chi connectivity index (χ3v) is 11.8. The van der Waals surface area contributed by atoms with Gasteiger partial charge in [0.05, 0.1) is 0 Å². The average Bonchev–Trinajstić information content (AvgIpc) is 3.48. The molecule has 1 aliphatic carbocycles. The molecule has 284 valence electrons. The zero-order chi connectivity index (χ0) is 40.6. The van der Waals surface area contributed by atoms with Gasteiger partial charge in [0.1, 0.15) is 0 Å². The predicted molar refractivity (Wildman–Crippen MR) is 253 cm³/mol. The van der Waals surface area contributed by atoms with Crippen LogP contribution in [-0.4, -0.2) is 0 Å². The summed E-state index contributed by atoms with van der Waals surface area (Å²) in [5.41, 5.74) is 18.7. The zero-order valence-corrected chi connectivity index (χ0v) is 34.3. The maximum Gasteiger partial charge on any atom is 0.0490 e. The fourth-order valence-corrected chi connectivity index (χ4v) is 8.81. The van der Waals surface area contributed by atoms with E-state index in [9.17, 15) is 0 Å². The number of fused-ring (bicyclic) bond motifs is 5. The van der Waals surface area contributed by atoms with Crippen molar-refractivity contribution >= 4 is 56.0 Å². The Morgan fingerprint density at radius 1 is 0.534 bits per heavy atom. The third kappa shape index (κ3) is 6.61. The lowest BCUT2D eigenvalue weighted by atomic mass is 9.80. The van der Waals surface area contributed by atoms with E-state index in [1.807, 2.05) is 18.2 Å². The minimum absolute atomic E-state index is 0.235. The first-order valence-corrected chi connectivity index (χ1v) is 20.1. The molecule has 58 heavy (non-hydrogen) atoms. The van der Waals surface area contributed by atoms with Crippen molar-refractivity contribution in [2.24, 2.45) is 0 Å². The molecule has 0 N–H and O–H groups in total. The van der Waals surface area contributed by atoms with Crippen molar-refractivity contribution in [3.05, 3.63) is 229 Å². The lowest BCUT2D eigenvalue weighted by molar-refractivity contribution is 0.666. The normalized spacial score (nSPS) is 13.1. The van der Waals surface area contributed by atoms with E-state index in [-0.39, 0.29) is 5.41 Å². The molecule has 0 unspecified atom stereocenters. The highest BCUT2D eigenvalue weighted by molar-refractivity contribution is 6.00. The van der Waals surface area contributed by atoms with Crippen LogP contribution in [0.3, 0.4) is 0 Å². The SMILES string of the molecule is C=C/C=C(\C=C)c1ccc(N(c2ccc3c4c(ccc3c2)-c2ccc(N(c3ccc(/C(C=C)=C/C)cc3)c3ccccc3C)cc2C4(C)C)c2ccccc2C)cc1. The minimum Gasteiger partial charge on any atom is -0.310 e. The van der Waals surface area contributed by atoms with Crippen molar-refractivity contribution in [3.8, 4) is 11.1 Å². The Kier molecular flexibility index (Phi) is 10.2. The molecule has 8 rings (SSSR count). The molecule has 0 saturated carbocycles. The number of benzene rings is 7. The van der Waals surface area contributed by atoms with Crippen molar-refractivity contribution in [2.75, 3.05) is 9.80 Å². The number of aryl methyl sites for hydroxylation is 2. The molecule has 0 saturated heterocycles. The molecule has 0 aromatic heterocycles. The van der Waals surface area contributed by atoms with E-state index >= 15 is 0 Å². The van der Waals surface area contributed by atoms with Crippen LogP contribution >= 0.6 is 0 Å². The quantitative estimate of drug-likeness (QED) is 0.122. The Balaban J connectivity index is 1.22. The molecule has 0 amide bonds. The number of allylic oxidation sites excluding steroid dienone is 7. The Morgan fingerprint density at radius 3 is 1.57 bits per heavy atom. The van der Waals surface area contributed by atoms with Gasteiger partial charge in [0.15, 0.2) is 0 Å². The monoisotopic (exact) mass is 750 g/mol. The van der Waals surface area contributed by atoms with Gasteiger partial charge >= 0.3 is 0 Å². The topological polar surface area (TPSA) is 6.48 Å². The standard InChI is InChI=1S/C56H50N2/c1-9-17-41(12-4)43-24-29-45(30-25-43)57(53-20-15-13-18-38(53)5)47-31-34-49-44(36-47)26-33-51-50-35-32-48(37-52(50)56(7,8)55(49)51)58(54-21-16-14-19-39(54)6)46-27-22-42(23-28-46)40(10-2)11-3/h9-37H,1-2,4H2,3,5-8H3/b40-11+,41-17+. The smallest absolute Gasteiger partial charge is 0.0490 e. The number of nitrogens with zero attached hydrogens (tertiary/aromatic N) is 2. The van der Waals surface area contributed by atoms with Gasteiger partial charge in [-0.25, -0.2) is 0 Å². The number of rotatable bonds is 11. The van der Waals surface area contributed by atoms with Gasteiger partial charge in [-0.3, -0.25) is 0 Å². The highest BCUT2D eigenvalue weighted by Gasteiger charge is 2.37. The summed E-state index contributed by atoms with van der Waals surface area (Å²) in [6.07, 6.45) is 9.70. The molecule has 0 aliphatic heterocycles. The van der Waals surface area contributed by atoms with Crippen molar-refractivity contribution in [1.82, 2.24) is 0 Å². The molecule has 0 radical (unpaired) electrons. The summed E-state index contributed by atoms with van der Waals surface area (Å²) in [5.74, 6) is 0. The molecule has 2 nitrogen and oxygen atoms in total. The van der Waals surface area contributed by atoms with E-state index < -0.39 is 0 Å². The Bertz CT molecular complexity index is 2770. The first kappa shape index (κ1) is 38.0. The second kappa shape index (κ2) is 15.6. The molecule has 0 bridgehead atoms. The summed E-state index contributed by atoms with van der Waals surface area (Å²) in [4.78, 5) is 4.76. The second-order valence-electron chi connectivity index (χ2n) is 15.6. The largest absolute Gasteiger partial charge is 0.310 e. The van der Waals surface area contributed by atoms with Gasteiger partial charge in [-0.2, -0.15) is 0 Å². The number of hydrogen-bond donors (Lipinski definition) is 0. The van der Waals surface area contributed by atoms with Crippen LogP contribution < -0.4 is 9.80 Å². The maximum atomic E-state index is 4.02. The number of para-hydroxylation sites is 2. The molecule has 0 heterocycles. The van der Waals surface area contributed by atoms with Crippen molar-refractivity contribution in [2.45, 2.75) is 40.0 Å². The van der Waals surface area contributed by atoms with Crippen molar-refractivity contribution < 1.29 is 0 Å². The van der Waals surface area contributed by atoms with E-state index in [2.05, 4.69) is 216 Å². The van der Waals surface area contributed by atoms with E-state index in [0.29, 0.717) is 0 Å². The molecular formula is C56H50N2. The molecule has 7 aromatic rings. The van der Waals surface area contributed by atoms with E-state index in [0.717, 1.165) is 50.7 Å². The van der Waals surface area contributed by atoms with Crippen LogP contribution in [0.15, 0.2) is 196 Å². The van der Waals surface area contributed by atoms with Gasteiger partial charge in [0.2, 0.25) is 0 Å². The van der Waals surface area contributed by atoms with Crippen LogP contribution in [0.25, 0.3) is 33.0 Å². The van der Waals surface area contributed by atoms with Crippen LogP contribution in [0.5, 0.6) is 0 Å². The summed E-state index contributed by atoms with van der Waals surface area (Å²) in [6.45, 7) is 23.1. The number of anilines is 6. The van der Waals surface area contributed by atoms with E-state index in [4.69, 9.17) is 0 Å². The molecule has 0 spiro atoms. The van der Waals surface area contributed by atoms with Gasteiger partial charge in [-0.1, -0.05) is 149 Å². The lowest BCUT2D eigenvalue weighted by Gasteiger charge is -2.30. The third-order valence-electron chi connectivity index (χ3n) is 11.8. The van der Waals surface area contributed by atoms with E-state index in [1.165, 1.54) is 49.8 Å². The predicted octanol–water partition coefficient (Wildman–Crippen LogP) is 16.0. The molecular weight excluding hydrogens is 701 g/mol. The summed E-state index contributed by atoms with van der Waals surface area (Å²) >= 11 is 0. The average molecular weight is 751 g/mol. The van der Waals surface area contributed by atoms with Gasteiger partial charge in [0, 0.05) is 39.5 Å². The molecule has 0 atom stereocenters. The van der Waals surface area contributed by atoms with Gasteiger partial charge in [-0.15, -0.1) is 0 Å². The Hall–Kier alpha value is -6.90. The summed E-state index contributed by atoms with van der Waals surface area (Å²) in [6, 6.07) is 53.5. The first-order valence-electron chi connectivity index (χ1n) is 20.1. The number of hydrogen-bond acceptors (Lipinski definition) is 2. The molecule has 0 fully saturated rings. The molecule has 7 aromatic carbocycles. The van der Waals surface area contributed by atoms with Gasteiger partial charge in [0.25, 0.3) is 0 Å². The fraction of sp³-hybridized carbons (Fsp3) is 0.107. The van der Waals surface area contributed by atoms with Crippen LogP contribution in [0, 0.1) is 13.8 Å². The zero-order valence-electron chi connectivity index (χ0n) is 34.3.